The van der Waals surface area contributed by atoms with Crippen LogP contribution >= 0.6 is 11.6 Å². The van der Waals surface area contributed by atoms with Crippen molar-refractivity contribution in [3.8, 4) is 0 Å². The summed E-state index contributed by atoms with van der Waals surface area (Å²) < 4.78 is 1.88. The average molecular weight is 281 g/mol. The van der Waals surface area contributed by atoms with Crippen LogP contribution in [0.25, 0.3) is 11.2 Å². The highest BCUT2D eigenvalue weighted by Crippen LogP contribution is 2.24. The Labute approximate surface area is 116 Å². The molecule has 19 heavy (non-hydrogen) atoms. The third-order valence-corrected chi connectivity index (χ3v) is 3.49. The molecule has 5 nitrogen and oxygen atoms in total. The molecule has 1 amide bonds. The minimum atomic E-state index is -0.681. The molecule has 2 N–H and O–H groups in total. The summed E-state index contributed by atoms with van der Waals surface area (Å²) in [5, 5.41) is 0. The summed E-state index contributed by atoms with van der Waals surface area (Å²) in [6.07, 6.45) is 1.73. The predicted molar refractivity (Wildman–Crippen MR) is 74.8 cm³/mol. The number of carbonyl (C=O) groups excluding carboxylic acids is 1. The van der Waals surface area contributed by atoms with E-state index in [0.29, 0.717) is 12.4 Å². The van der Waals surface area contributed by atoms with E-state index in [1.165, 1.54) is 0 Å². The lowest BCUT2D eigenvalue weighted by Gasteiger charge is -2.22. The third kappa shape index (κ3) is 2.42. The number of carbonyl (C=O) groups is 1. The molecule has 0 saturated heterocycles. The first-order chi connectivity index (χ1) is 8.86. The number of rotatable bonds is 4. The van der Waals surface area contributed by atoms with Gasteiger partial charge in [-0.25, -0.2) is 9.97 Å². The van der Waals surface area contributed by atoms with Crippen molar-refractivity contribution in [3.63, 3.8) is 0 Å². The Morgan fingerprint density at radius 2 is 2.21 bits per heavy atom. The molecular weight excluding hydrogens is 264 g/mol. The van der Waals surface area contributed by atoms with Crippen LogP contribution in [0.5, 0.6) is 0 Å². The van der Waals surface area contributed by atoms with E-state index in [-0.39, 0.29) is 11.8 Å². The lowest BCUT2D eigenvalue weighted by molar-refractivity contribution is -0.126. The Kier molecular flexibility index (Phi) is 3.49. The Bertz CT molecular complexity index is 633. The van der Waals surface area contributed by atoms with Gasteiger partial charge in [0.15, 0.2) is 5.65 Å². The Balaban J connectivity index is 2.59. The number of primary amides is 1. The summed E-state index contributed by atoms with van der Waals surface area (Å²) in [6, 6.07) is 1.90. The van der Waals surface area contributed by atoms with Gasteiger partial charge in [0.1, 0.15) is 11.3 Å². The molecule has 2 heterocycles. The number of pyridine rings is 1. The van der Waals surface area contributed by atoms with Crippen LogP contribution in [0.3, 0.4) is 0 Å². The van der Waals surface area contributed by atoms with Crippen LogP contribution in [0, 0.1) is 12.3 Å². The molecule has 0 unspecified atom stereocenters. The molecule has 0 fully saturated rings. The third-order valence-electron chi connectivity index (χ3n) is 3.25. The van der Waals surface area contributed by atoms with Gasteiger partial charge in [-0.1, -0.05) is 0 Å². The number of aromatic nitrogens is 3. The maximum atomic E-state index is 11.5. The van der Waals surface area contributed by atoms with Gasteiger partial charge in [-0.05, 0) is 32.4 Å². The van der Waals surface area contributed by atoms with Crippen molar-refractivity contribution in [1.29, 1.82) is 0 Å². The molecule has 0 atom stereocenters. The van der Waals surface area contributed by atoms with E-state index in [4.69, 9.17) is 17.3 Å². The smallest absolute Gasteiger partial charge is 0.224 e. The van der Waals surface area contributed by atoms with E-state index in [1.807, 2.05) is 17.6 Å². The van der Waals surface area contributed by atoms with Gasteiger partial charge >= 0.3 is 0 Å². The summed E-state index contributed by atoms with van der Waals surface area (Å²) in [6.45, 7) is 5.99. The highest BCUT2D eigenvalue weighted by atomic mass is 35.5. The van der Waals surface area contributed by atoms with Crippen molar-refractivity contribution in [2.75, 3.05) is 0 Å². The molecule has 0 aromatic carbocycles. The van der Waals surface area contributed by atoms with Gasteiger partial charge in [-0.3, -0.25) is 4.79 Å². The molecule has 102 valence electrons. The second kappa shape index (κ2) is 4.81. The van der Waals surface area contributed by atoms with Crippen LogP contribution in [-0.4, -0.2) is 20.4 Å². The van der Waals surface area contributed by atoms with Gasteiger partial charge in [0.25, 0.3) is 0 Å². The summed E-state index contributed by atoms with van der Waals surface area (Å²) in [4.78, 5) is 20.3. The summed E-state index contributed by atoms with van der Waals surface area (Å²) in [5.41, 5.74) is 7.34. The van der Waals surface area contributed by atoms with E-state index in [2.05, 4.69) is 9.97 Å². The zero-order chi connectivity index (χ0) is 14.2. The van der Waals surface area contributed by atoms with Crippen LogP contribution in [0.1, 0.15) is 25.2 Å². The number of alkyl halides is 1. The molecular formula is C13H17ClN4O. The van der Waals surface area contributed by atoms with Crippen LogP contribution in [0.15, 0.2) is 12.3 Å². The number of amides is 1. The molecule has 2 aromatic heterocycles. The van der Waals surface area contributed by atoms with E-state index >= 15 is 0 Å². The molecule has 0 spiro atoms. The molecule has 2 rings (SSSR count). The number of nitrogens with zero attached hydrogens (tertiary/aromatic N) is 3. The number of hydrogen-bond acceptors (Lipinski definition) is 3. The number of aryl methyl sites for hydroxylation is 1. The maximum Gasteiger partial charge on any atom is 0.224 e. The predicted octanol–water partition coefficient (Wildman–Crippen LogP) is 1.99. The lowest BCUT2D eigenvalue weighted by Crippen LogP contribution is -2.35. The lowest BCUT2D eigenvalue weighted by atomic mass is 9.92. The van der Waals surface area contributed by atoms with Gasteiger partial charge in [-0.2, -0.15) is 0 Å². The number of halogens is 1. The molecule has 0 radical (unpaired) electrons. The fourth-order valence-corrected chi connectivity index (χ4v) is 2.13. The van der Waals surface area contributed by atoms with E-state index in [9.17, 15) is 4.79 Å². The van der Waals surface area contributed by atoms with Crippen LogP contribution in [0.4, 0.5) is 0 Å². The normalized spacial score (nSPS) is 12.0. The summed E-state index contributed by atoms with van der Waals surface area (Å²) in [5.74, 6) is 0.611. The minimum absolute atomic E-state index is 0.268. The quantitative estimate of drug-likeness (QED) is 0.871. The van der Waals surface area contributed by atoms with Crippen LogP contribution in [-0.2, 0) is 17.2 Å². The number of hydrogen-bond donors (Lipinski definition) is 1. The highest BCUT2D eigenvalue weighted by Gasteiger charge is 2.28. The second-order valence-electron chi connectivity index (χ2n) is 5.30. The second-order valence-corrected chi connectivity index (χ2v) is 5.56. The molecule has 0 saturated carbocycles. The molecule has 0 aliphatic heterocycles. The summed E-state index contributed by atoms with van der Waals surface area (Å²) in [7, 11) is 0. The van der Waals surface area contributed by atoms with E-state index in [1.54, 1.807) is 20.0 Å². The SMILES string of the molecule is Cc1ccnc2c1nc(CCl)n2CC(C)(C)C(N)=O. The molecule has 0 aliphatic carbocycles. The Morgan fingerprint density at radius 1 is 1.53 bits per heavy atom. The fraction of sp³-hybridized carbons (Fsp3) is 0.462. The minimum Gasteiger partial charge on any atom is -0.369 e. The van der Waals surface area contributed by atoms with Gasteiger partial charge in [-0.15, -0.1) is 11.6 Å². The highest BCUT2D eigenvalue weighted by molar-refractivity contribution is 6.16. The van der Waals surface area contributed by atoms with Crippen molar-refractivity contribution in [3.05, 3.63) is 23.7 Å². The average Bonchev–Trinajstić information content (AvgIpc) is 2.68. The zero-order valence-corrected chi connectivity index (χ0v) is 12.0. The largest absolute Gasteiger partial charge is 0.369 e. The van der Waals surface area contributed by atoms with Crippen LogP contribution < -0.4 is 5.73 Å². The molecule has 6 heteroatoms. The van der Waals surface area contributed by atoms with Gasteiger partial charge in [0.05, 0.1) is 11.3 Å². The Hall–Kier alpha value is -1.62. The van der Waals surface area contributed by atoms with Crippen molar-refractivity contribution in [2.24, 2.45) is 11.1 Å². The first-order valence-electron chi connectivity index (χ1n) is 6.03. The number of fused-ring (bicyclic) bond motifs is 1. The first-order valence-corrected chi connectivity index (χ1v) is 6.57. The van der Waals surface area contributed by atoms with Crippen molar-refractivity contribution >= 4 is 28.7 Å². The summed E-state index contributed by atoms with van der Waals surface area (Å²) >= 11 is 5.94. The van der Waals surface area contributed by atoms with Gasteiger partial charge in [0, 0.05) is 12.7 Å². The van der Waals surface area contributed by atoms with Gasteiger partial charge < -0.3 is 10.3 Å². The topological polar surface area (TPSA) is 73.8 Å². The van der Waals surface area contributed by atoms with Gasteiger partial charge in [0.2, 0.25) is 5.91 Å². The zero-order valence-electron chi connectivity index (χ0n) is 11.3. The number of imidazole rings is 1. The van der Waals surface area contributed by atoms with E-state index in [0.717, 1.165) is 16.7 Å². The maximum absolute atomic E-state index is 11.5. The van der Waals surface area contributed by atoms with Crippen LogP contribution in [0.2, 0.25) is 0 Å². The molecule has 0 bridgehead atoms. The standard InChI is InChI=1S/C13H17ClN4O/c1-8-4-5-16-11-10(8)17-9(6-14)18(11)7-13(2,3)12(15)19/h4-5H,6-7H2,1-3H3,(H2,15,19). The number of nitrogens with two attached hydrogens (primary N) is 1. The molecule has 0 aliphatic rings. The first kappa shape index (κ1) is 13.8. The molecule has 2 aromatic rings. The van der Waals surface area contributed by atoms with E-state index < -0.39 is 5.41 Å². The Morgan fingerprint density at radius 3 is 2.79 bits per heavy atom. The van der Waals surface area contributed by atoms with Crippen molar-refractivity contribution in [2.45, 2.75) is 33.2 Å². The van der Waals surface area contributed by atoms with Crippen molar-refractivity contribution in [1.82, 2.24) is 14.5 Å². The fourth-order valence-electron chi connectivity index (χ4n) is 1.92. The monoisotopic (exact) mass is 280 g/mol. The van der Waals surface area contributed by atoms with Crippen molar-refractivity contribution < 1.29 is 4.79 Å².